The van der Waals surface area contributed by atoms with Crippen LogP contribution in [0.4, 0.5) is 0 Å². The Kier molecular flexibility index (Phi) is 2.55. The zero-order chi connectivity index (χ0) is 11.9. The molecule has 84 valence electrons. The second kappa shape index (κ2) is 3.75. The van der Waals surface area contributed by atoms with Gasteiger partial charge in [-0.15, -0.1) is 0 Å². The van der Waals surface area contributed by atoms with E-state index in [1.807, 2.05) is 0 Å². The Bertz CT molecular complexity index is 606. The molecular formula is C11H10O4S. The van der Waals surface area contributed by atoms with Gasteiger partial charge in [-0.3, -0.25) is 4.79 Å². The van der Waals surface area contributed by atoms with Crippen molar-refractivity contribution in [2.45, 2.75) is 13.8 Å². The molecule has 1 aromatic carbocycles. The van der Waals surface area contributed by atoms with Gasteiger partial charge >= 0.3 is 4.94 Å². The summed E-state index contributed by atoms with van der Waals surface area (Å²) in [7, 11) is 0. The van der Waals surface area contributed by atoms with Gasteiger partial charge in [0.1, 0.15) is 5.75 Å². The average Bonchev–Trinajstić information content (AvgIpc) is 2.57. The number of Topliss-reactive ketones (excluding diaryl/α,β-unsaturated/α-hetero) is 1. The Morgan fingerprint density at radius 3 is 2.75 bits per heavy atom. The van der Waals surface area contributed by atoms with E-state index in [0.29, 0.717) is 10.3 Å². The van der Waals surface area contributed by atoms with E-state index in [1.165, 1.54) is 12.1 Å². The van der Waals surface area contributed by atoms with Crippen molar-refractivity contribution in [2.24, 2.45) is 5.92 Å². The van der Waals surface area contributed by atoms with E-state index in [1.54, 1.807) is 13.8 Å². The summed E-state index contributed by atoms with van der Waals surface area (Å²) in [5, 5.41) is 9.68. The molecule has 1 aromatic heterocycles. The quantitative estimate of drug-likeness (QED) is 0.816. The van der Waals surface area contributed by atoms with Gasteiger partial charge in [0, 0.05) is 5.92 Å². The van der Waals surface area contributed by atoms with Crippen LogP contribution in [0, 0.1) is 5.92 Å². The topological polar surface area (TPSA) is 67.5 Å². The molecule has 0 fully saturated rings. The largest absolute Gasteiger partial charge is 0.507 e. The molecule has 1 heterocycles. The molecule has 0 radical (unpaired) electrons. The van der Waals surface area contributed by atoms with E-state index < -0.39 is 4.94 Å². The van der Waals surface area contributed by atoms with Crippen molar-refractivity contribution in [3.05, 3.63) is 27.4 Å². The number of benzene rings is 1. The molecule has 0 amide bonds. The Morgan fingerprint density at radius 1 is 1.44 bits per heavy atom. The number of carbonyl (C=O) groups is 1. The Labute approximate surface area is 95.1 Å². The van der Waals surface area contributed by atoms with Gasteiger partial charge < -0.3 is 9.52 Å². The molecule has 0 aliphatic rings. The zero-order valence-electron chi connectivity index (χ0n) is 8.81. The van der Waals surface area contributed by atoms with Crippen molar-refractivity contribution in [2.75, 3.05) is 0 Å². The number of hydrogen-bond acceptors (Lipinski definition) is 5. The van der Waals surface area contributed by atoms with Gasteiger partial charge in [-0.25, -0.2) is 4.79 Å². The van der Waals surface area contributed by atoms with E-state index in [0.717, 1.165) is 11.3 Å². The van der Waals surface area contributed by atoms with Crippen molar-refractivity contribution >= 4 is 27.4 Å². The molecule has 0 saturated carbocycles. The summed E-state index contributed by atoms with van der Waals surface area (Å²) < 4.78 is 5.31. The molecule has 0 atom stereocenters. The van der Waals surface area contributed by atoms with Gasteiger partial charge in [-0.2, -0.15) is 0 Å². The summed E-state index contributed by atoms with van der Waals surface area (Å²) >= 11 is 0.836. The smallest absolute Gasteiger partial charge is 0.396 e. The molecule has 0 aliphatic carbocycles. The maximum absolute atomic E-state index is 11.9. The first-order valence-corrected chi connectivity index (χ1v) is 5.62. The third-order valence-electron chi connectivity index (χ3n) is 2.25. The van der Waals surface area contributed by atoms with Crippen molar-refractivity contribution in [1.29, 1.82) is 0 Å². The van der Waals surface area contributed by atoms with Crippen molar-refractivity contribution in [1.82, 2.24) is 0 Å². The summed E-state index contributed by atoms with van der Waals surface area (Å²) in [6.45, 7) is 3.48. The van der Waals surface area contributed by atoms with Crippen LogP contribution in [0.1, 0.15) is 24.2 Å². The SMILES string of the molecule is CC(C)C(=O)c1c(O)ccc2oc(=O)sc12. The number of ketones is 1. The second-order valence-electron chi connectivity index (χ2n) is 3.76. The normalized spacial score (nSPS) is 11.2. The van der Waals surface area contributed by atoms with Crippen LogP contribution >= 0.6 is 11.3 Å². The third kappa shape index (κ3) is 1.63. The molecule has 16 heavy (non-hydrogen) atoms. The van der Waals surface area contributed by atoms with Gasteiger partial charge in [0.15, 0.2) is 11.4 Å². The number of carbonyl (C=O) groups excluding carboxylic acids is 1. The zero-order valence-corrected chi connectivity index (χ0v) is 9.63. The van der Waals surface area contributed by atoms with Crippen LogP contribution in [0.15, 0.2) is 21.3 Å². The van der Waals surface area contributed by atoms with E-state index in [-0.39, 0.29) is 23.0 Å². The highest BCUT2D eigenvalue weighted by atomic mass is 32.1. The fourth-order valence-electron chi connectivity index (χ4n) is 1.46. The summed E-state index contributed by atoms with van der Waals surface area (Å²) in [4.78, 5) is 22.5. The summed E-state index contributed by atoms with van der Waals surface area (Å²) in [5.74, 6) is -0.544. The van der Waals surface area contributed by atoms with Gasteiger partial charge in [0.25, 0.3) is 0 Å². The van der Waals surface area contributed by atoms with Gasteiger partial charge in [0.05, 0.1) is 10.3 Å². The summed E-state index contributed by atoms with van der Waals surface area (Å²) in [6.07, 6.45) is 0. The third-order valence-corrected chi connectivity index (χ3v) is 3.11. The lowest BCUT2D eigenvalue weighted by atomic mass is 10.0. The first-order valence-electron chi connectivity index (χ1n) is 4.80. The number of fused-ring (bicyclic) bond motifs is 1. The van der Waals surface area contributed by atoms with E-state index in [4.69, 9.17) is 4.42 Å². The van der Waals surface area contributed by atoms with Crippen molar-refractivity contribution < 1.29 is 14.3 Å². The first-order chi connectivity index (χ1) is 7.50. The number of phenolic OH excluding ortho intramolecular Hbond substituents is 1. The first kappa shape index (κ1) is 10.9. The average molecular weight is 238 g/mol. The molecular weight excluding hydrogens is 228 g/mol. The lowest BCUT2D eigenvalue weighted by Gasteiger charge is -2.06. The van der Waals surface area contributed by atoms with Crippen LogP contribution in [0.3, 0.4) is 0 Å². The molecule has 0 spiro atoms. The van der Waals surface area contributed by atoms with Crippen molar-refractivity contribution in [3.8, 4) is 5.75 Å². The van der Waals surface area contributed by atoms with Gasteiger partial charge in [-0.05, 0) is 12.1 Å². The fourth-order valence-corrected chi connectivity index (χ4v) is 2.27. The van der Waals surface area contributed by atoms with Gasteiger partial charge in [-0.1, -0.05) is 25.2 Å². The Balaban J connectivity index is 2.80. The maximum Gasteiger partial charge on any atom is 0.396 e. The molecule has 0 bridgehead atoms. The van der Waals surface area contributed by atoms with E-state index >= 15 is 0 Å². The molecule has 5 heteroatoms. The number of phenols is 1. The monoisotopic (exact) mass is 238 g/mol. The standard InChI is InChI=1S/C11H10O4S/c1-5(2)9(13)8-6(12)3-4-7-10(8)16-11(14)15-7/h3-5,12H,1-2H3. The predicted molar refractivity (Wildman–Crippen MR) is 61.2 cm³/mol. The predicted octanol–water partition coefficient (Wildman–Crippen LogP) is 2.40. The van der Waals surface area contributed by atoms with E-state index in [9.17, 15) is 14.7 Å². The fraction of sp³-hybridized carbons (Fsp3) is 0.273. The highest BCUT2D eigenvalue weighted by molar-refractivity contribution is 7.16. The number of aromatic hydroxyl groups is 1. The minimum atomic E-state index is -0.474. The van der Waals surface area contributed by atoms with Crippen LogP contribution in [-0.2, 0) is 0 Å². The van der Waals surface area contributed by atoms with Gasteiger partial charge in [0.2, 0.25) is 0 Å². The van der Waals surface area contributed by atoms with Crippen LogP contribution in [0.5, 0.6) is 5.75 Å². The molecule has 2 aromatic rings. The maximum atomic E-state index is 11.9. The number of hydrogen-bond donors (Lipinski definition) is 1. The highest BCUT2D eigenvalue weighted by Crippen LogP contribution is 2.31. The van der Waals surface area contributed by atoms with Crippen LogP contribution in [-0.4, -0.2) is 10.9 Å². The Hall–Kier alpha value is -1.62. The summed E-state index contributed by atoms with van der Waals surface area (Å²) in [6, 6.07) is 2.85. The molecule has 1 N–H and O–H groups in total. The molecule has 4 nitrogen and oxygen atoms in total. The lowest BCUT2D eigenvalue weighted by Crippen LogP contribution is -2.07. The molecule has 0 saturated heterocycles. The van der Waals surface area contributed by atoms with Crippen molar-refractivity contribution in [3.63, 3.8) is 0 Å². The molecule has 2 rings (SSSR count). The highest BCUT2D eigenvalue weighted by Gasteiger charge is 2.20. The van der Waals surface area contributed by atoms with E-state index in [2.05, 4.69) is 0 Å². The van der Waals surface area contributed by atoms with Crippen LogP contribution in [0.25, 0.3) is 10.3 Å². The number of rotatable bonds is 2. The molecule has 0 unspecified atom stereocenters. The minimum Gasteiger partial charge on any atom is -0.507 e. The summed E-state index contributed by atoms with van der Waals surface area (Å²) in [5.41, 5.74) is 0.528. The van der Waals surface area contributed by atoms with Crippen LogP contribution < -0.4 is 4.94 Å². The molecule has 0 aliphatic heterocycles. The second-order valence-corrected chi connectivity index (χ2v) is 4.71. The Morgan fingerprint density at radius 2 is 2.12 bits per heavy atom. The van der Waals surface area contributed by atoms with Crippen LogP contribution in [0.2, 0.25) is 0 Å². The minimum absolute atomic E-state index is 0.108. The lowest BCUT2D eigenvalue weighted by molar-refractivity contribution is 0.0938.